The summed E-state index contributed by atoms with van der Waals surface area (Å²) in [7, 11) is 0. The highest BCUT2D eigenvalue weighted by Crippen LogP contribution is 2.23. The Morgan fingerprint density at radius 3 is 3.00 bits per heavy atom. The molecule has 1 aromatic rings. The molecule has 1 fully saturated rings. The molecule has 3 nitrogen and oxygen atoms in total. The van der Waals surface area contributed by atoms with Crippen molar-refractivity contribution in [3.05, 3.63) is 33.3 Å². The Kier molecular flexibility index (Phi) is 4.90. The molecule has 1 atom stereocenters. The summed E-state index contributed by atoms with van der Waals surface area (Å²) in [4.78, 5) is 14.1. The van der Waals surface area contributed by atoms with Gasteiger partial charge in [-0.15, -0.1) is 11.6 Å². The maximum absolute atomic E-state index is 12.3. The zero-order valence-electron chi connectivity index (χ0n) is 9.54. The van der Waals surface area contributed by atoms with E-state index in [1.54, 1.807) is 23.1 Å². The number of alkyl halides is 1. The second kappa shape index (κ2) is 6.24. The van der Waals surface area contributed by atoms with E-state index in [1.165, 1.54) is 0 Å². The lowest BCUT2D eigenvalue weighted by Crippen LogP contribution is -2.46. The maximum atomic E-state index is 12.3. The van der Waals surface area contributed by atoms with Crippen molar-refractivity contribution in [1.29, 1.82) is 0 Å². The van der Waals surface area contributed by atoms with Crippen molar-refractivity contribution in [2.24, 2.45) is 0 Å². The SMILES string of the molecule is O=C(c1ccc(Cl)cc1Br)N1CCOC(CCl)C1. The van der Waals surface area contributed by atoms with E-state index >= 15 is 0 Å². The lowest BCUT2D eigenvalue weighted by atomic mass is 10.2. The first-order valence-corrected chi connectivity index (χ1v) is 7.24. The molecule has 0 aliphatic carbocycles. The van der Waals surface area contributed by atoms with Crippen LogP contribution in [-0.4, -0.2) is 42.5 Å². The third-order valence-electron chi connectivity index (χ3n) is 2.76. The second-order valence-corrected chi connectivity index (χ2v) is 5.62. The van der Waals surface area contributed by atoms with E-state index in [0.29, 0.717) is 40.6 Å². The number of nitrogens with zero attached hydrogens (tertiary/aromatic N) is 1. The summed E-state index contributed by atoms with van der Waals surface area (Å²) in [5.41, 5.74) is 0.606. The van der Waals surface area contributed by atoms with Gasteiger partial charge in [-0.1, -0.05) is 11.6 Å². The van der Waals surface area contributed by atoms with Crippen molar-refractivity contribution in [3.8, 4) is 0 Å². The Balaban J connectivity index is 2.15. The molecule has 1 aromatic carbocycles. The second-order valence-electron chi connectivity index (χ2n) is 4.02. The minimum atomic E-state index is -0.0876. The van der Waals surface area contributed by atoms with E-state index in [1.807, 2.05) is 0 Å². The van der Waals surface area contributed by atoms with Crippen LogP contribution in [-0.2, 0) is 4.74 Å². The average molecular weight is 353 g/mol. The molecule has 0 N–H and O–H groups in total. The van der Waals surface area contributed by atoms with Crippen molar-refractivity contribution in [3.63, 3.8) is 0 Å². The van der Waals surface area contributed by atoms with Gasteiger partial charge in [0.2, 0.25) is 0 Å². The highest BCUT2D eigenvalue weighted by molar-refractivity contribution is 9.10. The molecule has 1 saturated heterocycles. The number of hydrogen-bond donors (Lipinski definition) is 0. The molecule has 18 heavy (non-hydrogen) atoms. The standard InChI is InChI=1S/C12H12BrCl2NO2/c13-11-5-8(15)1-2-10(11)12(17)16-3-4-18-9(6-14)7-16/h1-2,5,9H,3-4,6-7H2. The van der Waals surface area contributed by atoms with E-state index in [-0.39, 0.29) is 12.0 Å². The van der Waals surface area contributed by atoms with Crippen LogP contribution in [0.4, 0.5) is 0 Å². The van der Waals surface area contributed by atoms with Gasteiger partial charge in [0.1, 0.15) is 0 Å². The molecule has 98 valence electrons. The fourth-order valence-electron chi connectivity index (χ4n) is 1.83. The minimum Gasteiger partial charge on any atom is -0.373 e. The maximum Gasteiger partial charge on any atom is 0.255 e. The zero-order valence-corrected chi connectivity index (χ0v) is 12.6. The molecule has 0 radical (unpaired) electrons. The monoisotopic (exact) mass is 351 g/mol. The predicted octanol–water partition coefficient (Wildman–Crippen LogP) is 3.18. The minimum absolute atomic E-state index is 0.0306. The zero-order chi connectivity index (χ0) is 13.1. The molecule has 0 saturated carbocycles. The van der Waals surface area contributed by atoms with Crippen LogP contribution in [0.2, 0.25) is 5.02 Å². The van der Waals surface area contributed by atoms with Crippen molar-refractivity contribution >= 4 is 45.0 Å². The summed E-state index contributed by atoms with van der Waals surface area (Å²) < 4.78 is 6.14. The third-order valence-corrected chi connectivity index (χ3v) is 4.00. The van der Waals surface area contributed by atoms with Crippen LogP contribution in [0.1, 0.15) is 10.4 Å². The van der Waals surface area contributed by atoms with Crippen LogP contribution in [0.3, 0.4) is 0 Å². The summed E-state index contributed by atoms with van der Waals surface area (Å²) >= 11 is 15.0. The largest absolute Gasteiger partial charge is 0.373 e. The smallest absolute Gasteiger partial charge is 0.255 e. The number of rotatable bonds is 2. The van der Waals surface area contributed by atoms with Gasteiger partial charge >= 0.3 is 0 Å². The predicted molar refractivity (Wildman–Crippen MR) is 75.5 cm³/mol. The fourth-order valence-corrected chi connectivity index (χ4v) is 2.87. The lowest BCUT2D eigenvalue weighted by Gasteiger charge is -2.32. The Morgan fingerprint density at radius 1 is 1.56 bits per heavy atom. The molecular formula is C12H12BrCl2NO2. The Hall–Kier alpha value is -0.290. The average Bonchev–Trinajstić information content (AvgIpc) is 2.38. The van der Waals surface area contributed by atoms with Crippen molar-refractivity contribution < 1.29 is 9.53 Å². The van der Waals surface area contributed by atoms with Gasteiger partial charge in [0.05, 0.1) is 24.2 Å². The third kappa shape index (κ3) is 3.18. The van der Waals surface area contributed by atoms with Crippen LogP contribution >= 0.6 is 39.1 Å². The summed E-state index contributed by atoms with van der Waals surface area (Å²) in [5.74, 6) is 0.364. The van der Waals surface area contributed by atoms with Crippen LogP contribution in [0, 0.1) is 0 Å². The number of carbonyl (C=O) groups excluding carboxylic acids is 1. The van der Waals surface area contributed by atoms with Crippen molar-refractivity contribution in [1.82, 2.24) is 4.90 Å². The Labute approximate surface area is 124 Å². The quantitative estimate of drug-likeness (QED) is 0.765. The van der Waals surface area contributed by atoms with E-state index in [4.69, 9.17) is 27.9 Å². The molecule has 1 aliphatic heterocycles. The van der Waals surface area contributed by atoms with Gasteiger partial charge in [-0.2, -0.15) is 0 Å². The number of amides is 1. The summed E-state index contributed by atoms with van der Waals surface area (Å²) in [6.45, 7) is 1.63. The molecule has 1 amide bonds. The first kappa shape index (κ1) is 14.1. The van der Waals surface area contributed by atoms with Crippen molar-refractivity contribution in [2.75, 3.05) is 25.6 Å². The lowest BCUT2D eigenvalue weighted by molar-refractivity contribution is -0.0108. The number of hydrogen-bond acceptors (Lipinski definition) is 2. The van der Waals surface area contributed by atoms with Crippen LogP contribution < -0.4 is 0 Å². The highest BCUT2D eigenvalue weighted by atomic mass is 79.9. The highest BCUT2D eigenvalue weighted by Gasteiger charge is 2.25. The van der Waals surface area contributed by atoms with E-state index in [0.717, 1.165) is 0 Å². The van der Waals surface area contributed by atoms with Gasteiger partial charge < -0.3 is 9.64 Å². The number of morpholine rings is 1. The molecule has 2 rings (SSSR count). The molecule has 0 bridgehead atoms. The Bertz CT molecular complexity index is 456. The fraction of sp³-hybridized carbons (Fsp3) is 0.417. The van der Waals surface area contributed by atoms with Gasteiger partial charge in [0.15, 0.2) is 0 Å². The Morgan fingerprint density at radius 2 is 2.33 bits per heavy atom. The van der Waals surface area contributed by atoms with Gasteiger partial charge in [0, 0.05) is 22.6 Å². The number of benzene rings is 1. The number of carbonyl (C=O) groups is 1. The summed E-state index contributed by atoms with van der Waals surface area (Å²) in [6.07, 6.45) is -0.0876. The molecule has 1 unspecified atom stereocenters. The van der Waals surface area contributed by atoms with Crippen LogP contribution in [0.5, 0.6) is 0 Å². The van der Waals surface area contributed by atoms with E-state index in [9.17, 15) is 4.79 Å². The summed E-state index contributed by atoms with van der Waals surface area (Å²) in [5, 5.41) is 0.596. The van der Waals surface area contributed by atoms with Gasteiger partial charge in [-0.25, -0.2) is 0 Å². The molecular weight excluding hydrogens is 341 g/mol. The molecule has 1 heterocycles. The number of ether oxygens (including phenoxy) is 1. The topological polar surface area (TPSA) is 29.5 Å². The van der Waals surface area contributed by atoms with Crippen molar-refractivity contribution in [2.45, 2.75) is 6.10 Å². The normalized spacial score (nSPS) is 19.9. The first-order valence-electron chi connectivity index (χ1n) is 5.53. The summed E-state index contributed by atoms with van der Waals surface area (Å²) in [6, 6.07) is 5.15. The van der Waals surface area contributed by atoms with Crippen LogP contribution in [0.25, 0.3) is 0 Å². The van der Waals surface area contributed by atoms with Gasteiger partial charge in [-0.05, 0) is 34.1 Å². The van der Waals surface area contributed by atoms with Crippen LogP contribution in [0.15, 0.2) is 22.7 Å². The van der Waals surface area contributed by atoms with Gasteiger partial charge in [-0.3, -0.25) is 4.79 Å². The van der Waals surface area contributed by atoms with E-state index in [2.05, 4.69) is 15.9 Å². The van der Waals surface area contributed by atoms with E-state index < -0.39 is 0 Å². The molecule has 6 heteroatoms. The number of halogens is 3. The van der Waals surface area contributed by atoms with Gasteiger partial charge in [0.25, 0.3) is 5.91 Å². The molecule has 0 spiro atoms. The molecule has 1 aliphatic rings. The first-order chi connectivity index (χ1) is 8.61. The molecule has 0 aromatic heterocycles.